The van der Waals surface area contributed by atoms with Crippen molar-refractivity contribution in [2.45, 2.75) is 30.9 Å². The van der Waals surface area contributed by atoms with Crippen LogP contribution < -0.4 is 20.1 Å². The highest BCUT2D eigenvalue weighted by Gasteiger charge is 2.44. The number of anilines is 2. The van der Waals surface area contributed by atoms with Gasteiger partial charge in [-0.1, -0.05) is 24.3 Å². The Kier molecular flexibility index (Phi) is 8.87. The maximum absolute atomic E-state index is 13.4. The summed E-state index contributed by atoms with van der Waals surface area (Å²) in [6, 6.07) is 17.0. The molecule has 0 radical (unpaired) electrons. The zero-order valence-corrected chi connectivity index (χ0v) is 19.3. The van der Waals surface area contributed by atoms with Crippen LogP contribution in [0.3, 0.4) is 0 Å². The first-order valence-corrected chi connectivity index (χ1v) is 10.8. The number of hydrogen-bond acceptors (Lipinski definition) is 5. The minimum absolute atomic E-state index is 0.138. The zero-order chi connectivity index (χ0) is 27.2. The molecule has 0 aromatic heterocycles. The van der Waals surface area contributed by atoms with Gasteiger partial charge in [0.2, 0.25) is 0 Å². The maximum atomic E-state index is 13.4. The van der Waals surface area contributed by atoms with Crippen molar-refractivity contribution in [3.63, 3.8) is 0 Å². The first kappa shape index (κ1) is 28.1. The predicted octanol–water partition coefficient (Wildman–Crippen LogP) is 6.28. The molecule has 3 N–H and O–H groups in total. The highest BCUT2D eigenvalue weighted by Crippen LogP contribution is 2.32. The van der Waals surface area contributed by atoms with E-state index in [4.69, 9.17) is 4.74 Å². The van der Waals surface area contributed by atoms with E-state index in [1.54, 1.807) is 48.5 Å². The molecule has 0 spiro atoms. The van der Waals surface area contributed by atoms with Gasteiger partial charge in [-0.05, 0) is 59.7 Å². The average molecular weight is 532 g/mol. The molecule has 0 heterocycles. The minimum Gasteiger partial charge on any atom is -0.497 e. The molecule has 200 valence electrons. The van der Waals surface area contributed by atoms with E-state index in [2.05, 4.69) is 15.4 Å². The summed E-state index contributed by atoms with van der Waals surface area (Å²) in [5.74, 6) is 0.0183. The molecule has 2 unspecified atom stereocenters. The molecule has 3 aromatic carbocycles. The molecule has 37 heavy (non-hydrogen) atoms. The standard InChI is InChI=1S/C25H23F7N2O3/c1-36-19-10-8-17(9-11-19)34-18-6-2-4-15(12-18)22(33-14-21(35)24(28,29)30)16-5-3-7-20(13-16)37-25(31,32)23(26)27/h2-13,21-23,33-35H,14H2,1H3. The lowest BCUT2D eigenvalue weighted by molar-refractivity contribution is -0.253. The molecular formula is C25H23F7N2O3. The van der Waals surface area contributed by atoms with E-state index in [0.29, 0.717) is 22.7 Å². The van der Waals surface area contributed by atoms with Gasteiger partial charge in [0.05, 0.1) is 13.2 Å². The highest BCUT2D eigenvalue weighted by molar-refractivity contribution is 5.61. The number of alkyl halides is 7. The van der Waals surface area contributed by atoms with E-state index >= 15 is 0 Å². The molecule has 0 fully saturated rings. The van der Waals surface area contributed by atoms with Crippen LogP contribution in [0.2, 0.25) is 0 Å². The van der Waals surface area contributed by atoms with E-state index in [0.717, 1.165) is 12.1 Å². The second-order valence-corrected chi connectivity index (χ2v) is 7.91. The number of rotatable bonds is 11. The first-order chi connectivity index (χ1) is 17.4. The van der Waals surface area contributed by atoms with Crippen molar-refractivity contribution in [3.05, 3.63) is 83.9 Å². The van der Waals surface area contributed by atoms with Crippen molar-refractivity contribution in [3.8, 4) is 11.5 Å². The van der Waals surface area contributed by atoms with Gasteiger partial charge in [0, 0.05) is 17.9 Å². The Labute approximate surface area is 207 Å². The van der Waals surface area contributed by atoms with Gasteiger partial charge < -0.3 is 25.2 Å². The summed E-state index contributed by atoms with van der Waals surface area (Å²) < 4.78 is 99.9. The van der Waals surface area contributed by atoms with Crippen molar-refractivity contribution in [1.29, 1.82) is 0 Å². The van der Waals surface area contributed by atoms with Crippen molar-refractivity contribution < 1.29 is 45.3 Å². The number of hydrogen-bond donors (Lipinski definition) is 3. The molecular weight excluding hydrogens is 509 g/mol. The van der Waals surface area contributed by atoms with Gasteiger partial charge in [-0.25, -0.2) is 0 Å². The van der Waals surface area contributed by atoms with Crippen LogP contribution in [0.4, 0.5) is 42.1 Å². The SMILES string of the molecule is COc1ccc(Nc2cccc(C(NCC(O)C(F)(F)F)c3cccc(OC(F)(F)C(F)F)c3)c2)cc1. The molecule has 3 rings (SSSR count). The Morgan fingerprint density at radius 2 is 1.43 bits per heavy atom. The second kappa shape index (κ2) is 11.7. The molecule has 0 saturated heterocycles. The Hall–Kier alpha value is -3.51. The summed E-state index contributed by atoms with van der Waals surface area (Å²) in [6.45, 7) is -0.928. The van der Waals surface area contributed by atoms with Gasteiger partial charge in [0.1, 0.15) is 11.5 Å². The lowest BCUT2D eigenvalue weighted by Gasteiger charge is -2.24. The van der Waals surface area contributed by atoms with Crippen LogP contribution in [0.1, 0.15) is 17.2 Å². The van der Waals surface area contributed by atoms with Gasteiger partial charge in [-0.3, -0.25) is 0 Å². The number of benzene rings is 3. The van der Waals surface area contributed by atoms with Crippen LogP contribution in [0.5, 0.6) is 11.5 Å². The van der Waals surface area contributed by atoms with E-state index in [1.807, 2.05) is 0 Å². The predicted molar refractivity (Wildman–Crippen MR) is 123 cm³/mol. The van der Waals surface area contributed by atoms with Crippen molar-refractivity contribution >= 4 is 11.4 Å². The van der Waals surface area contributed by atoms with E-state index in [9.17, 15) is 35.8 Å². The number of nitrogens with one attached hydrogen (secondary N) is 2. The number of aliphatic hydroxyl groups is 1. The molecule has 0 bridgehead atoms. The summed E-state index contributed by atoms with van der Waals surface area (Å²) >= 11 is 0. The molecule has 3 aromatic rings. The lowest BCUT2D eigenvalue weighted by Crippen LogP contribution is -2.40. The van der Waals surface area contributed by atoms with Crippen LogP contribution in [-0.2, 0) is 0 Å². The quantitative estimate of drug-likeness (QED) is 0.254. The summed E-state index contributed by atoms with van der Waals surface area (Å²) in [5, 5.41) is 15.2. The monoisotopic (exact) mass is 532 g/mol. The molecule has 5 nitrogen and oxygen atoms in total. The topological polar surface area (TPSA) is 62.8 Å². The summed E-state index contributed by atoms with van der Waals surface area (Å²) in [7, 11) is 1.52. The number of methoxy groups -OCH3 is 1. The molecule has 0 aliphatic rings. The van der Waals surface area contributed by atoms with Crippen LogP contribution in [0.25, 0.3) is 0 Å². The molecule has 0 aliphatic heterocycles. The Bertz CT molecular complexity index is 1160. The normalized spacial score (nSPS) is 13.8. The van der Waals surface area contributed by atoms with Crippen LogP contribution in [-0.4, -0.2) is 43.6 Å². The molecule has 0 aliphatic carbocycles. The third-order valence-electron chi connectivity index (χ3n) is 5.19. The fourth-order valence-corrected chi connectivity index (χ4v) is 3.37. The third-order valence-corrected chi connectivity index (χ3v) is 5.19. The zero-order valence-electron chi connectivity index (χ0n) is 19.3. The van der Waals surface area contributed by atoms with E-state index in [1.165, 1.54) is 19.2 Å². The van der Waals surface area contributed by atoms with Gasteiger partial charge in [0.25, 0.3) is 0 Å². The van der Waals surface area contributed by atoms with Gasteiger partial charge in [0.15, 0.2) is 6.10 Å². The van der Waals surface area contributed by atoms with Crippen LogP contribution in [0, 0.1) is 0 Å². The third kappa shape index (κ3) is 7.73. The van der Waals surface area contributed by atoms with Crippen LogP contribution in [0.15, 0.2) is 72.8 Å². The Morgan fingerprint density at radius 3 is 2.03 bits per heavy atom. The van der Waals surface area contributed by atoms with E-state index < -0.39 is 43.2 Å². The van der Waals surface area contributed by atoms with Gasteiger partial charge >= 0.3 is 18.7 Å². The number of ether oxygens (including phenoxy) is 2. The average Bonchev–Trinajstić information content (AvgIpc) is 2.84. The van der Waals surface area contributed by atoms with Crippen molar-refractivity contribution in [2.24, 2.45) is 0 Å². The molecule has 0 amide bonds. The van der Waals surface area contributed by atoms with Gasteiger partial charge in [-0.15, -0.1) is 0 Å². The van der Waals surface area contributed by atoms with Gasteiger partial charge in [-0.2, -0.15) is 30.7 Å². The summed E-state index contributed by atoms with van der Waals surface area (Å²) in [4.78, 5) is 0. The number of aliphatic hydroxyl groups excluding tert-OH is 1. The molecule has 12 heteroatoms. The molecule has 2 atom stereocenters. The highest BCUT2D eigenvalue weighted by atomic mass is 19.4. The van der Waals surface area contributed by atoms with E-state index in [-0.39, 0.29) is 5.56 Å². The first-order valence-electron chi connectivity index (χ1n) is 10.8. The Balaban J connectivity index is 1.92. The minimum atomic E-state index is -4.90. The van der Waals surface area contributed by atoms with Crippen molar-refractivity contribution in [2.75, 3.05) is 19.0 Å². The molecule has 0 saturated carbocycles. The largest absolute Gasteiger partial charge is 0.497 e. The fourth-order valence-electron chi connectivity index (χ4n) is 3.37. The summed E-state index contributed by atoms with van der Waals surface area (Å²) in [5.41, 5.74) is 1.76. The van der Waals surface area contributed by atoms with Crippen LogP contribution >= 0.6 is 0 Å². The Morgan fingerprint density at radius 1 is 0.811 bits per heavy atom. The second-order valence-electron chi connectivity index (χ2n) is 7.91. The lowest BCUT2D eigenvalue weighted by atomic mass is 9.97. The smallest absolute Gasteiger partial charge is 0.461 e. The number of halogens is 7. The summed E-state index contributed by atoms with van der Waals surface area (Å²) in [6.07, 6.45) is -16.5. The fraction of sp³-hybridized carbons (Fsp3) is 0.280. The van der Waals surface area contributed by atoms with Crippen molar-refractivity contribution in [1.82, 2.24) is 5.32 Å². The maximum Gasteiger partial charge on any atom is 0.461 e.